The summed E-state index contributed by atoms with van der Waals surface area (Å²) in [4.78, 5) is 4.83. The molecular weight excluding hydrogens is 288 g/mol. The first kappa shape index (κ1) is 13.3. The van der Waals surface area contributed by atoms with Gasteiger partial charge >= 0.3 is 0 Å². The Morgan fingerprint density at radius 3 is 2.50 bits per heavy atom. The molecule has 18 heavy (non-hydrogen) atoms. The summed E-state index contributed by atoms with van der Waals surface area (Å²) in [5, 5.41) is 4.70. The van der Waals surface area contributed by atoms with Crippen LogP contribution in [0.3, 0.4) is 0 Å². The normalized spacial score (nSPS) is 10.9. The van der Waals surface area contributed by atoms with E-state index in [1.54, 1.807) is 0 Å². The van der Waals surface area contributed by atoms with E-state index in [0.717, 1.165) is 23.0 Å². The summed E-state index contributed by atoms with van der Waals surface area (Å²) >= 11 is 3.58. The molecule has 1 aromatic carbocycles. The molecule has 2 aromatic rings. The molecule has 0 bridgehead atoms. The molecule has 0 aliphatic rings. The van der Waals surface area contributed by atoms with E-state index in [2.05, 4.69) is 61.1 Å². The predicted octanol–water partition coefficient (Wildman–Crippen LogP) is 4.61. The van der Waals surface area contributed by atoms with Gasteiger partial charge in [-0.25, -0.2) is 0 Å². The molecule has 0 saturated carbocycles. The largest absolute Gasteiger partial charge is 0.385 e. The first-order valence-corrected chi connectivity index (χ1v) is 7.21. The smallest absolute Gasteiger partial charge is 0.0766 e. The SMILES string of the molecule is CCNc1c(C)c(CC)nc2c(C)c(Br)ccc12. The quantitative estimate of drug-likeness (QED) is 0.896. The fourth-order valence-corrected chi connectivity index (χ4v) is 2.66. The van der Waals surface area contributed by atoms with Gasteiger partial charge < -0.3 is 5.32 Å². The van der Waals surface area contributed by atoms with Crippen LogP contribution in [-0.2, 0) is 6.42 Å². The number of aromatic nitrogens is 1. The van der Waals surface area contributed by atoms with Crippen LogP contribution in [0.15, 0.2) is 16.6 Å². The van der Waals surface area contributed by atoms with Crippen LogP contribution in [0.4, 0.5) is 5.69 Å². The van der Waals surface area contributed by atoms with Gasteiger partial charge in [-0.05, 0) is 50.5 Å². The molecule has 2 nitrogen and oxygen atoms in total. The molecule has 0 radical (unpaired) electrons. The lowest BCUT2D eigenvalue weighted by molar-refractivity contribution is 1.02. The molecule has 0 aliphatic carbocycles. The van der Waals surface area contributed by atoms with E-state index >= 15 is 0 Å². The average Bonchev–Trinajstić information content (AvgIpc) is 2.37. The molecule has 0 unspecified atom stereocenters. The third-order valence-corrected chi connectivity index (χ3v) is 4.24. The highest BCUT2D eigenvalue weighted by Gasteiger charge is 2.12. The second-order valence-electron chi connectivity index (χ2n) is 4.51. The number of pyridine rings is 1. The highest BCUT2D eigenvalue weighted by molar-refractivity contribution is 9.10. The molecule has 0 aliphatic heterocycles. The van der Waals surface area contributed by atoms with Crippen molar-refractivity contribution in [3.05, 3.63) is 33.4 Å². The highest BCUT2D eigenvalue weighted by Crippen LogP contribution is 2.32. The fourth-order valence-electron chi connectivity index (χ4n) is 2.34. The van der Waals surface area contributed by atoms with Gasteiger partial charge in [0.1, 0.15) is 0 Å². The first-order valence-electron chi connectivity index (χ1n) is 6.42. The van der Waals surface area contributed by atoms with Gasteiger partial charge in [0.15, 0.2) is 0 Å². The Kier molecular flexibility index (Phi) is 3.91. The van der Waals surface area contributed by atoms with Gasteiger partial charge in [0.25, 0.3) is 0 Å². The molecule has 0 amide bonds. The minimum absolute atomic E-state index is 0.929. The zero-order valence-electron chi connectivity index (χ0n) is 11.4. The lowest BCUT2D eigenvalue weighted by Gasteiger charge is -2.16. The number of anilines is 1. The Balaban J connectivity index is 2.85. The maximum absolute atomic E-state index is 4.83. The summed E-state index contributed by atoms with van der Waals surface area (Å²) in [6.45, 7) is 9.48. The van der Waals surface area contributed by atoms with Crippen LogP contribution in [0.5, 0.6) is 0 Å². The molecule has 2 rings (SSSR count). The summed E-state index contributed by atoms with van der Waals surface area (Å²) in [5.74, 6) is 0. The van der Waals surface area contributed by atoms with Gasteiger partial charge in [0, 0.05) is 27.8 Å². The number of nitrogens with one attached hydrogen (secondary N) is 1. The van der Waals surface area contributed by atoms with E-state index in [1.165, 1.54) is 27.9 Å². The fraction of sp³-hybridized carbons (Fsp3) is 0.400. The van der Waals surface area contributed by atoms with Gasteiger partial charge in [-0.3, -0.25) is 4.98 Å². The Morgan fingerprint density at radius 2 is 1.89 bits per heavy atom. The molecule has 0 fully saturated rings. The zero-order chi connectivity index (χ0) is 13.3. The number of nitrogens with zero attached hydrogens (tertiary/aromatic N) is 1. The van der Waals surface area contributed by atoms with Crippen molar-refractivity contribution in [2.75, 3.05) is 11.9 Å². The van der Waals surface area contributed by atoms with Crippen molar-refractivity contribution in [2.24, 2.45) is 0 Å². The summed E-state index contributed by atoms with van der Waals surface area (Å²) in [6.07, 6.45) is 0.964. The third kappa shape index (κ3) is 2.12. The summed E-state index contributed by atoms with van der Waals surface area (Å²) in [5.41, 5.74) is 5.99. The standard InChI is InChI=1S/C15H19BrN2/c1-5-13-10(4)14(17-6-2)11-7-8-12(16)9(3)15(11)18-13/h7-8H,5-6H2,1-4H3,(H,17,18). The molecule has 1 N–H and O–H groups in total. The maximum atomic E-state index is 4.83. The Bertz CT molecular complexity index is 591. The lowest BCUT2D eigenvalue weighted by atomic mass is 10.0. The Hall–Kier alpha value is -1.09. The van der Waals surface area contributed by atoms with Crippen molar-refractivity contribution in [3.8, 4) is 0 Å². The van der Waals surface area contributed by atoms with Gasteiger partial charge in [0.2, 0.25) is 0 Å². The second-order valence-corrected chi connectivity index (χ2v) is 5.37. The maximum Gasteiger partial charge on any atom is 0.0766 e. The molecule has 0 atom stereocenters. The number of aryl methyl sites for hydroxylation is 2. The van der Waals surface area contributed by atoms with E-state index in [1.807, 2.05) is 0 Å². The van der Waals surface area contributed by atoms with E-state index in [-0.39, 0.29) is 0 Å². The van der Waals surface area contributed by atoms with Crippen LogP contribution in [0, 0.1) is 13.8 Å². The van der Waals surface area contributed by atoms with Gasteiger partial charge in [0.05, 0.1) is 5.52 Å². The minimum Gasteiger partial charge on any atom is -0.385 e. The predicted molar refractivity (Wildman–Crippen MR) is 82.5 cm³/mol. The molecule has 1 heterocycles. The van der Waals surface area contributed by atoms with Crippen molar-refractivity contribution in [1.82, 2.24) is 4.98 Å². The lowest BCUT2D eigenvalue weighted by Crippen LogP contribution is -2.05. The van der Waals surface area contributed by atoms with Crippen LogP contribution in [-0.4, -0.2) is 11.5 Å². The van der Waals surface area contributed by atoms with E-state index in [9.17, 15) is 0 Å². The number of hydrogen-bond acceptors (Lipinski definition) is 2. The summed E-state index contributed by atoms with van der Waals surface area (Å²) < 4.78 is 1.12. The summed E-state index contributed by atoms with van der Waals surface area (Å²) in [6, 6.07) is 4.25. The monoisotopic (exact) mass is 306 g/mol. The van der Waals surface area contributed by atoms with Crippen molar-refractivity contribution in [1.29, 1.82) is 0 Å². The number of hydrogen-bond donors (Lipinski definition) is 1. The van der Waals surface area contributed by atoms with Crippen LogP contribution in [0.2, 0.25) is 0 Å². The van der Waals surface area contributed by atoms with Crippen LogP contribution in [0.1, 0.15) is 30.7 Å². The molecule has 96 valence electrons. The summed E-state index contributed by atoms with van der Waals surface area (Å²) in [7, 11) is 0. The van der Waals surface area contributed by atoms with Gasteiger partial charge in [-0.15, -0.1) is 0 Å². The van der Waals surface area contributed by atoms with Crippen LogP contribution < -0.4 is 5.32 Å². The number of rotatable bonds is 3. The van der Waals surface area contributed by atoms with Crippen molar-refractivity contribution in [3.63, 3.8) is 0 Å². The number of halogens is 1. The average molecular weight is 307 g/mol. The minimum atomic E-state index is 0.929. The van der Waals surface area contributed by atoms with Crippen LogP contribution in [0.25, 0.3) is 10.9 Å². The topological polar surface area (TPSA) is 24.9 Å². The zero-order valence-corrected chi connectivity index (χ0v) is 13.0. The molecule has 0 spiro atoms. The Labute approximate surface area is 117 Å². The van der Waals surface area contributed by atoms with Gasteiger partial charge in [-0.1, -0.05) is 22.9 Å². The van der Waals surface area contributed by atoms with Gasteiger partial charge in [-0.2, -0.15) is 0 Å². The second kappa shape index (κ2) is 5.27. The van der Waals surface area contributed by atoms with Crippen molar-refractivity contribution >= 4 is 32.5 Å². The first-order chi connectivity index (χ1) is 8.60. The molecule has 0 saturated heterocycles. The molecular formula is C15H19BrN2. The van der Waals surface area contributed by atoms with E-state index in [4.69, 9.17) is 4.98 Å². The highest BCUT2D eigenvalue weighted by atomic mass is 79.9. The Morgan fingerprint density at radius 1 is 1.17 bits per heavy atom. The van der Waals surface area contributed by atoms with Crippen molar-refractivity contribution < 1.29 is 0 Å². The number of fused-ring (bicyclic) bond motifs is 1. The number of benzene rings is 1. The molecule has 1 aromatic heterocycles. The molecule has 3 heteroatoms. The third-order valence-electron chi connectivity index (χ3n) is 3.38. The van der Waals surface area contributed by atoms with Crippen molar-refractivity contribution in [2.45, 2.75) is 34.1 Å². The van der Waals surface area contributed by atoms with E-state index < -0.39 is 0 Å². The van der Waals surface area contributed by atoms with E-state index in [0.29, 0.717) is 0 Å². The van der Waals surface area contributed by atoms with Crippen LogP contribution >= 0.6 is 15.9 Å².